The summed E-state index contributed by atoms with van der Waals surface area (Å²) in [6.07, 6.45) is 2.04. The van der Waals surface area contributed by atoms with Gasteiger partial charge >= 0.3 is 0 Å². The molecule has 2 aliphatic rings. The van der Waals surface area contributed by atoms with Gasteiger partial charge < -0.3 is 0 Å². The van der Waals surface area contributed by atoms with E-state index in [9.17, 15) is 14.5 Å². The molecule has 7 heteroatoms. The molecule has 0 radical (unpaired) electrons. The van der Waals surface area contributed by atoms with Crippen LogP contribution in [0.2, 0.25) is 0 Å². The minimum absolute atomic E-state index is 0.0885. The summed E-state index contributed by atoms with van der Waals surface area (Å²) in [5.74, 6) is -0.607. The lowest BCUT2D eigenvalue weighted by molar-refractivity contribution is -0.420. The molecule has 0 unspecified atom stereocenters. The van der Waals surface area contributed by atoms with Gasteiger partial charge in [-0.25, -0.2) is 14.8 Å². The number of hydrogen-bond acceptors (Lipinski definition) is 5. The van der Waals surface area contributed by atoms with Crippen LogP contribution in [0.3, 0.4) is 0 Å². The van der Waals surface area contributed by atoms with Crippen molar-refractivity contribution in [3.63, 3.8) is 0 Å². The van der Waals surface area contributed by atoms with E-state index in [4.69, 9.17) is 0 Å². The van der Waals surface area contributed by atoms with Gasteiger partial charge in [0, 0.05) is 0 Å². The molecule has 0 aliphatic carbocycles. The van der Waals surface area contributed by atoms with Gasteiger partial charge in [-0.3, -0.25) is 15.1 Å². The van der Waals surface area contributed by atoms with Crippen molar-refractivity contribution >= 4 is 5.84 Å². The van der Waals surface area contributed by atoms with Crippen LogP contribution in [0, 0.1) is 10.1 Å². The Morgan fingerprint density at radius 3 is 3.23 bits per heavy atom. The maximum Gasteiger partial charge on any atom is 0.290 e. The van der Waals surface area contributed by atoms with Crippen LogP contribution in [0.15, 0.2) is 28.8 Å². The number of nitro groups is 1. The fraction of sp³-hybridized carbons (Fsp3) is 0.167. The first-order chi connectivity index (χ1) is 6.18. The molecule has 0 aromatic rings. The van der Waals surface area contributed by atoms with Gasteiger partial charge in [0.25, 0.3) is 5.70 Å². The van der Waals surface area contributed by atoms with E-state index in [1.807, 2.05) is 0 Å². The highest BCUT2D eigenvalue weighted by Gasteiger charge is 2.27. The molecule has 0 saturated carbocycles. The summed E-state index contributed by atoms with van der Waals surface area (Å²) in [7, 11) is 0. The van der Waals surface area contributed by atoms with Crippen LogP contribution in [0.4, 0.5) is 4.39 Å². The molecule has 1 N–H and O–H groups in total. The lowest BCUT2D eigenvalue weighted by atomic mass is 10.3. The molecule has 68 valence electrons. The van der Waals surface area contributed by atoms with Crippen LogP contribution in [-0.4, -0.2) is 22.4 Å². The number of hydrazine groups is 1. The number of amidine groups is 1. The van der Waals surface area contributed by atoms with Crippen molar-refractivity contribution < 1.29 is 9.31 Å². The number of nitrogens with zero attached hydrogens (tertiary/aromatic N) is 3. The first-order valence-corrected chi connectivity index (χ1v) is 3.49. The average Bonchev–Trinajstić information content (AvgIpc) is 2.51. The molecule has 0 aromatic heterocycles. The molecular formula is C6H5FN4O2. The number of nitrogens with one attached hydrogen (secondary N) is 1. The van der Waals surface area contributed by atoms with Crippen LogP contribution in [0.25, 0.3) is 0 Å². The Bertz CT molecular complexity index is 360. The van der Waals surface area contributed by atoms with Gasteiger partial charge in [-0.15, -0.1) is 0 Å². The molecule has 0 atom stereocenters. The Morgan fingerprint density at radius 2 is 2.54 bits per heavy atom. The van der Waals surface area contributed by atoms with Crippen molar-refractivity contribution in [2.45, 2.75) is 0 Å². The average molecular weight is 184 g/mol. The monoisotopic (exact) mass is 184 g/mol. The van der Waals surface area contributed by atoms with E-state index in [1.165, 1.54) is 11.2 Å². The van der Waals surface area contributed by atoms with E-state index in [2.05, 4.69) is 10.4 Å². The fourth-order valence-corrected chi connectivity index (χ4v) is 1.10. The van der Waals surface area contributed by atoms with Gasteiger partial charge in [0.1, 0.15) is 12.9 Å². The highest BCUT2D eigenvalue weighted by Crippen LogP contribution is 2.18. The Kier molecular flexibility index (Phi) is 1.59. The van der Waals surface area contributed by atoms with Gasteiger partial charge in [-0.1, -0.05) is 0 Å². The molecule has 2 heterocycles. The van der Waals surface area contributed by atoms with E-state index >= 15 is 0 Å². The molecular weight excluding hydrogens is 179 g/mol. The molecule has 0 fully saturated rings. The van der Waals surface area contributed by atoms with Crippen molar-refractivity contribution in [2.24, 2.45) is 4.99 Å². The number of allylic oxidation sites excluding steroid dienone is 1. The zero-order valence-corrected chi connectivity index (χ0v) is 6.40. The molecule has 2 aliphatic heterocycles. The van der Waals surface area contributed by atoms with Crippen LogP contribution in [0.1, 0.15) is 0 Å². The summed E-state index contributed by atoms with van der Waals surface area (Å²) in [6.45, 7) is 0.234. The highest BCUT2D eigenvalue weighted by molar-refractivity contribution is 5.98. The Balaban J connectivity index is 2.38. The summed E-state index contributed by atoms with van der Waals surface area (Å²) < 4.78 is 13.1. The van der Waals surface area contributed by atoms with Gasteiger partial charge in [0.05, 0.1) is 11.0 Å². The van der Waals surface area contributed by atoms with E-state index in [1.54, 1.807) is 0 Å². The minimum atomic E-state index is -0.695. The summed E-state index contributed by atoms with van der Waals surface area (Å²) in [4.78, 5) is 13.4. The second kappa shape index (κ2) is 2.63. The summed E-state index contributed by atoms with van der Waals surface area (Å²) in [6, 6.07) is 0. The van der Waals surface area contributed by atoms with Gasteiger partial charge in [0.15, 0.2) is 11.7 Å². The Morgan fingerprint density at radius 1 is 1.77 bits per heavy atom. The van der Waals surface area contributed by atoms with Crippen LogP contribution >= 0.6 is 0 Å². The van der Waals surface area contributed by atoms with E-state index in [-0.39, 0.29) is 18.2 Å². The first-order valence-electron chi connectivity index (χ1n) is 3.49. The Hall–Kier alpha value is -1.76. The smallest absolute Gasteiger partial charge is 0.258 e. The van der Waals surface area contributed by atoms with Crippen molar-refractivity contribution in [1.29, 1.82) is 0 Å². The number of rotatable bonds is 1. The molecule has 0 bridgehead atoms. The standard InChI is InChI=1S/C6H5FN4O2/c7-5-1-4(11(12)13)2-10-6(5)8-3-9-10/h1-2,9H,3H2. The molecule has 6 nitrogen and oxygen atoms in total. The van der Waals surface area contributed by atoms with Crippen molar-refractivity contribution in [3.8, 4) is 0 Å². The molecule has 13 heavy (non-hydrogen) atoms. The van der Waals surface area contributed by atoms with Crippen molar-refractivity contribution in [1.82, 2.24) is 10.4 Å². The summed E-state index contributed by atoms with van der Waals surface area (Å²) in [5, 5.41) is 11.5. The number of fused-ring (bicyclic) bond motifs is 1. The maximum atomic E-state index is 13.1. The van der Waals surface area contributed by atoms with Crippen LogP contribution in [0.5, 0.6) is 0 Å². The lowest BCUT2D eigenvalue weighted by Gasteiger charge is -2.16. The van der Waals surface area contributed by atoms with E-state index < -0.39 is 10.8 Å². The quantitative estimate of drug-likeness (QED) is 0.465. The van der Waals surface area contributed by atoms with Crippen LogP contribution in [-0.2, 0) is 0 Å². The summed E-state index contributed by atoms with van der Waals surface area (Å²) in [5.41, 5.74) is 2.34. The van der Waals surface area contributed by atoms with Crippen LogP contribution < -0.4 is 5.43 Å². The second-order valence-corrected chi connectivity index (χ2v) is 2.47. The number of hydrogen-bond donors (Lipinski definition) is 1. The Labute approximate surface area is 72.2 Å². The third-order valence-electron chi connectivity index (χ3n) is 1.66. The van der Waals surface area contributed by atoms with Crippen molar-refractivity contribution in [3.05, 3.63) is 33.9 Å². The predicted molar refractivity (Wildman–Crippen MR) is 41.5 cm³/mol. The van der Waals surface area contributed by atoms with Gasteiger partial charge in [-0.05, 0) is 0 Å². The maximum absolute atomic E-state index is 13.1. The normalized spacial score (nSPS) is 20.4. The second-order valence-electron chi connectivity index (χ2n) is 2.47. The predicted octanol–water partition coefficient (Wildman–Crippen LogP) is 0.148. The summed E-state index contributed by atoms with van der Waals surface area (Å²) >= 11 is 0. The zero-order valence-electron chi connectivity index (χ0n) is 6.40. The largest absolute Gasteiger partial charge is 0.290 e. The van der Waals surface area contributed by atoms with Gasteiger partial charge in [-0.2, -0.15) is 0 Å². The van der Waals surface area contributed by atoms with Gasteiger partial charge in [0.2, 0.25) is 0 Å². The third kappa shape index (κ3) is 1.18. The molecule has 0 spiro atoms. The zero-order chi connectivity index (χ0) is 9.42. The topological polar surface area (TPSA) is 70.8 Å². The number of halogens is 1. The molecule has 2 rings (SSSR count). The fourth-order valence-electron chi connectivity index (χ4n) is 1.10. The molecule has 0 amide bonds. The minimum Gasteiger partial charge on any atom is -0.258 e. The highest BCUT2D eigenvalue weighted by atomic mass is 19.1. The molecule has 0 aromatic carbocycles. The lowest BCUT2D eigenvalue weighted by Crippen LogP contribution is -2.35. The first kappa shape index (κ1) is 7.87. The SMILES string of the molecule is O=[N+]([O-])C1=CN2NCN=C2C(F)=C1. The third-order valence-corrected chi connectivity index (χ3v) is 1.66. The van der Waals surface area contributed by atoms with E-state index in [0.29, 0.717) is 0 Å². The number of aliphatic imine (C=N–C) groups is 1. The molecule has 0 saturated heterocycles. The van der Waals surface area contributed by atoms with E-state index in [0.717, 1.165) is 6.08 Å². The van der Waals surface area contributed by atoms with Crippen molar-refractivity contribution in [2.75, 3.05) is 6.67 Å².